The molecular weight excluding hydrogens is 176 g/mol. The molecule has 1 rings (SSSR count). The summed E-state index contributed by atoms with van der Waals surface area (Å²) in [6.45, 7) is 6.81. The molecule has 0 amide bonds. The smallest absolute Gasteiger partial charge is 0.450 e. The van der Waals surface area contributed by atoms with E-state index in [-0.39, 0.29) is 0 Å². The van der Waals surface area contributed by atoms with E-state index in [1.807, 2.05) is 6.92 Å². The molecule has 5 nitrogen and oxygen atoms in total. The molecule has 0 bridgehead atoms. The molecule has 13 heavy (non-hydrogen) atoms. The molecule has 2 N–H and O–H groups in total. The van der Waals surface area contributed by atoms with Crippen LogP contribution in [0, 0.1) is 0 Å². The summed E-state index contributed by atoms with van der Waals surface area (Å²) in [6, 6.07) is 0. The van der Waals surface area contributed by atoms with Crippen molar-refractivity contribution in [3.05, 3.63) is 12.7 Å². The second kappa shape index (κ2) is 13.5. The Hall–Kier alpha value is -1.07. The van der Waals surface area contributed by atoms with E-state index >= 15 is 0 Å². The average molecular weight is 192 g/mol. The number of hydrogen-bond donors (Lipinski definition) is 2. The maximum absolute atomic E-state index is 8.56. The molecule has 5 heteroatoms. The van der Waals surface area contributed by atoms with Crippen molar-refractivity contribution in [2.24, 2.45) is 0 Å². The Bertz CT molecular complexity index is 104. The van der Waals surface area contributed by atoms with Gasteiger partial charge in [-0.05, 0) is 19.8 Å². The van der Waals surface area contributed by atoms with Gasteiger partial charge in [0.2, 0.25) is 0 Å². The summed E-state index contributed by atoms with van der Waals surface area (Å²) in [4.78, 5) is 17.7. The minimum Gasteiger partial charge on any atom is -0.450 e. The number of allylic oxidation sites excluding steroid dienone is 1. The van der Waals surface area contributed by atoms with Crippen LogP contribution < -0.4 is 0 Å². The monoisotopic (exact) mass is 192 g/mol. The number of rotatable bonds is 0. The Morgan fingerprint density at radius 2 is 1.54 bits per heavy atom. The Morgan fingerprint density at radius 1 is 1.31 bits per heavy atom. The SMILES string of the molecule is C1CCOOC1.C=CC.O=C(O)O. The lowest BCUT2D eigenvalue weighted by atomic mass is 10.3. The third kappa shape index (κ3) is 35.9. The van der Waals surface area contributed by atoms with Gasteiger partial charge in [0.25, 0.3) is 0 Å². The highest BCUT2D eigenvalue weighted by Crippen LogP contribution is 1.97. The molecule has 0 spiro atoms. The van der Waals surface area contributed by atoms with Gasteiger partial charge >= 0.3 is 6.16 Å². The summed E-state index contributed by atoms with van der Waals surface area (Å²) in [6.07, 6.45) is 2.22. The fraction of sp³-hybridized carbons (Fsp3) is 0.625. The van der Waals surface area contributed by atoms with E-state index in [1.54, 1.807) is 6.08 Å². The molecule has 0 aromatic rings. The maximum Gasteiger partial charge on any atom is 0.503 e. The first-order valence-electron chi connectivity index (χ1n) is 3.88. The van der Waals surface area contributed by atoms with Crippen molar-refractivity contribution in [1.29, 1.82) is 0 Å². The van der Waals surface area contributed by atoms with E-state index < -0.39 is 6.16 Å². The summed E-state index contributed by atoms with van der Waals surface area (Å²) in [5.41, 5.74) is 0. The van der Waals surface area contributed by atoms with Gasteiger partial charge in [0.05, 0.1) is 13.2 Å². The van der Waals surface area contributed by atoms with Crippen molar-refractivity contribution in [2.75, 3.05) is 13.2 Å². The second-order valence-electron chi connectivity index (χ2n) is 2.04. The molecule has 0 aliphatic carbocycles. The molecule has 1 aliphatic rings. The molecule has 0 saturated carbocycles. The van der Waals surface area contributed by atoms with Crippen molar-refractivity contribution < 1.29 is 24.8 Å². The van der Waals surface area contributed by atoms with Crippen LogP contribution in [0.1, 0.15) is 19.8 Å². The molecule has 0 aromatic carbocycles. The summed E-state index contributed by atoms with van der Waals surface area (Å²) in [5.74, 6) is 0. The highest BCUT2D eigenvalue weighted by molar-refractivity contribution is 5.53. The Morgan fingerprint density at radius 3 is 1.62 bits per heavy atom. The van der Waals surface area contributed by atoms with Crippen LogP contribution in [0.2, 0.25) is 0 Å². The van der Waals surface area contributed by atoms with Gasteiger partial charge in [0.1, 0.15) is 0 Å². The Balaban J connectivity index is 0. The Labute approximate surface area is 77.5 Å². The molecular formula is C8H16O5. The van der Waals surface area contributed by atoms with Gasteiger partial charge in [-0.1, -0.05) is 6.08 Å². The lowest BCUT2D eigenvalue weighted by molar-refractivity contribution is -0.312. The lowest BCUT2D eigenvalue weighted by Crippen LogP contribution is -2.05. The quantitative estimate of drug-likeness (QED) is 0.454. The van der Waals surface area contributed by atoms with Crippen molar-refractivity contribution in [1.82, 2.24) is 0 Å². The van der Waals surface area contributed by atoms with Crippen LogP contribution in [0.15, 0.2) is 12.7 Å². The van der Waals surface area contributed by atoms with Gasteiger partial charge in [-0.3, -0.25) is 0 Å². The third-order valence-electron chi connectivity index (χ3n) is 0.789. The molecule has 1 heterocycles. The van der Waals surface area contributed by atoms with Crippen LogP contribution in [-0.2, 0) is 9.78 Å². The lowest BCUT2D eigenvalue weighted by Gasteiger charge is -2.07. The van der Waals surface area contributed by atoms with Crippen LogP contribution in [0.5, 0.6) is 0 Å². The summed E-state index contributed by atoms with van der Waals surface area (Å²) < 4.78 is 0. The van der Waals surface area contributed by atoms with Crippen LogP contribution in [0.3, 0.4) is 0 Å². The molecule has 0 atom stereocenters. The number of carbonyl (C=O) groups is 1. The molecule has 0 unspecified atom stereocenters. The molecule has 0 aromatic heterocycles. The van der Waals surface area contributed by atoms with Gasteiger partial charge in [0.15, 0.2) is 0 Å². The van der Waals surface area contributed by atoms with E-state index in [0.717, 1.165) is 26.1 Å². The van der Waals surface area contributed by atoms with Crippen molar-refractivity contribution in [2.45, 2.75) is 19.8 Å². The van der Waals surface area contributed by atoms with Crippen LogP contribution >= 0.6 is 0 Å². The predicted octanol–water partition coefficient (Wildman–Crippen LogP) is 2.14. The highest BCUT2D eigenvalue weighted by atomic mass is 17.2. The van der Waals surface area contributed by atoms with Crippen molar-refractivity contribution >= 4 is 6.16 Å². The summed E-state index contributed by atoms with van der Waals surface area (Å²) >= 11 is 0. The van der Waals surface area contributed by atoms with Crippen LogP contribution in [-0.4, -0.2) is 29.6 Å². The molecule has 1 saturated heterocycles. The second-order valence-corrected chi connectivity index (χ2v) is 2.04. The molecule has 1 fully saturated rings. The first-order valence-corrected chi connectivity index (χ1v) is 3.88. The van der Waals surface area contributed by atoms with Crippen molar-refractivity contribution in [3.8, 4) is 0 Å². The summed E-state index contributed by atoms with van der Waals surface area (Å²) in [5, 5.41) is 13.9. The fourth-order valence-corrected chi connectivity index (χ4v) is 0.440. The van der Waals surface area contributed by atoms with Gasteiger partial charge in [-0.2, -0.15) is 0 Å². The van der Waals surface area contributed by atoms with E-state index in [4.69, 9.17) is 15.0 Å². The standard InChI is InChI=1S/C4H8O2.C3H6.CH2O3/c1-2-4-6-5-3-1;1-3-2;2-1(3)4/h1-4H2;3H,1H2,2H3;(H2,2,3,4). The topological polar surface area (TPSA) is 76.0 Å². The van der Waals surface area contributed by atoms with Crippen molar-refractivity contribution in [3.63, 3.8) is 0 Å². The van der Waals surface area contributed by atoms with Crippen LogP contribution in [0.25, 0.3) is 0 Å². The Kier molecular flexibility index (Phi) is 15.0. The first kappa shape index (κ1) is 14.5. The maximum atomic E-state index is 8.56. The van der Waals surface area contributed by atoms with Gasteiger partial charge < -0.3 is 10.2 Å². The van der Waals surface area contributed by atoms with E-state index in [0.29, 0.717) is 0 Å². The largest absolute Gasteiger partial charge is 0.503 e. The number of hydrogen-bond acceptors (Lipinski definition) is 3. The van der Waals surface area contributed by atoms with Gasteiger partial charge in [0, 0.05) is 0 Å². The zero-order valence-electron chi connectivity index (χ0n) is 7.73. The normalized spacial score (nSPS) is 13.9. The van der Waals surface area contributed by atoms with Gasteiger partial charge in [-0.15, -0.1) is 6.58 Å². The van der Waals surface area contributed by atoms with E-state index in [1.165, 1.54) is 0 Å². The van der Waals surface area contributed by atoms with E-state index in [2.05, 4.69) is 16.4 Å². The summed E-state index contributed by atoms with van der Waals surface area (Å²) in [7, 11) is 0. The molecule has 0 radical (unpaired) electrons. The van der Waals surface area contributed by atoms with Gasteiger partial charge in [-0.25, -0.2) is 14.6 Å². The van der Waals surface area contributed by atoms with Crippen LogP contribution in [0.4, 0.5) is 4.79 Å². The average Bonchev–Trinajstić information content (AvgIpc) is 2.08. The minimum absolute atomic E-state index is 0.778. The number of carboxylic acid groups (broad SMARTS) is 2. The predicted molar refractivity (Wildman–Crippen MR) is 47.7 cm³/mol. The fourth-order valence-electron chi connectivity index (χ4n) is 0.440. The zero-order chi connectivity index (χ0) is 10.5. The first-order chi connectivity index (χ1) is 6.15. The minimum atomic E-state index is -1.83. The van der Waals surface area contributed by atoms with E-state index in [9.17, 15) is 0 Å². The molecule has 78 valence electrons. The zero-order valence-corrected chi connectivity index (χ0v) is 7.73. The molecule has 1 aliphatic heterocycles. The highest BCUT2D eigenvalue weighted by Gasteiger charge is 1.95. The third-order valence-corrected chi connectivity index (χ3v) is 0.789.